The number of aliphatic hydroxyl groups excluding tert-OH is 1. The molecule has 2 heterocycles. The van der Waals surface area contributed by atoms with Gasteiger partial charge in [-0.05, 0) is 31.4 Å². The molecule has 0 unspecified atom stereocenters. The van der Waals surface area contributed by atoms with E-state index in [0.29, 0.717) is 6.54 Å². The van der Waals surface area contributed by atoms with E-state index in [4.69, 9.17) is 4.99 Å². The van der Waals surface area contributed by atoms with Crippen LogP contribution in [0.3, 0.4) is 0 Å². The molecular weight excluding hydrogens is 304 g/mol. The van der Waals surface area contributed by atoms with Crippen LogP contribution in [0, 0.1) is 0 Å². The highest BCUT2D eigenvalue weighted by Crippen LogP contribution is 2.16. The summed E-state index contributed by atoms with van der Waals surface area (Å²) in [5.74, 6) is 1.67. The van der Waals surface area contributed by atoms with Crippen molar-refractivity contribution < 1.29 is 5.11 Å². The van der Waals surface area contributed by atoms with Gasteiger partial charge in [-0.1, -0.05) is 18.2 Å². The molecule has 0 aliphatic carbocycles. The standard InChI is InChI=1S/C17H24N6O/c1-2-18-17(23-8-6-15(24)7-9-23)19-11-13-4-3-5-14(10-13)16-20-12-21-22-16/h3-5,10,12,15,24H,2,6-9,11H2,1H3,(H,18,19)(H,20,21,22). The van der Waals surface area contributed by atoms with Crippen LogP contribution < -0.4 is 5.32 Å². The first-order chi connectivity index (χ1) is 11.8. The number of aromatic nitrogens is 3. The normalized spacial score (nSPS) is 16.4. The van der Waals surface area contributed by atoms with Crippen LogP contribution in [0.5, 0.6) is 0 Å². The smallest absolute Gasteiger partial charge is 0.194 e. The average molecular weight is 328 g/mol. The fourth-order valence-electron chi connectivity index (χ4n) is 2.83. The van der Waals surface area contributed by atoms with E-state index in [1.165, 1.54) is 6.33 Å². The van der Waals surface area contributed by atoms with Crippen molar-refractivity contribution in [1.29, 1.82) is 0 Å². The number of aromatic amines is 1. The van der Waals surface area contributed by atoms with Gasteiger partial charge in [0.2, 0.25) is 0 Å². The van der Waals surface area contributed by atoms with Gasteiger partial charge >= 0.3 is 0 Å². The fraction of sp³-hybridized carbons (Fsp3) is 0.471. The van der Waals surface area contributed by atoms with Gasteiger partial charge in [0.15, 0.2) is 11.8 Å². The van der Waals surface area contributed by atoms with Gasteiger partial charge in [-0.3, -0.25) is 5.10 Å². The van der Waals surface area contributed by atoms with Crippen molar-refractivity contribution in [3.05, 3.63) is 36.2 Å². The average Bonchev–Trinajstić information content (AvgIpc) is 3.14. The molecule has 0 atom stereocenters. The summed E-state index contributed by atoms with van der Waals surface area (Å²) in [4.78, 5) is 11.2. The van der Waals surface area contributed by atoms with E-state index in [9.17, 15) is 5.11 Å². The molecule has 0 radical (unpaired) electrons. The largest absolute Gasteiger partial charge is 0.393 e. The van der Waals surface area contributed by atoms with Crippen LogP contribution >= 0.6 is 0 Å². The van der Waals surface area contributed by atoms with Crippen molar-refractivity contribution in [2.45, 2.75) is 32.4 Å². The number of H-pyrrole nitrogens is 1. The number of nitrogens with zero attached hydrogens (tertiary/aromatic N) is 4. The van der Waals surface area contributed by atoms with Gasteiger partial charge < -0.3 is 15.3 Å². The molecule has 0 bridgehead atoms. The summed E-state index contributed by atoms with van der Waals surface area (Å²) in [6.45, 7) is 5.18. The van der Waals surface area contributed by atoms with Gasteiger partial charge in [0.25, 0.3) is 0 Å². The number of aliphatic hydroxyl groups is 1. The number of likely N-dealkylation sites (tertiary alicyclic amines) is 1. The lowest BCUT2D eigenvalue weighted by Crippen LogP contribution is -2.46. The maximum absolute atomic E-state index is 9.67. The molecule has 128 valence electrons. The van der Waals surface area contributed by atoms with Crippen molar-refractivity contribution in [1.82, 2.24) is 25.4 Å². The van der Waals surface area contributed by atoms with E-state index >= 15 is 0 Å². The zero-order chi connectivity index (χ0) is 16.8. The van der Waals surface area contributed by atoms with Crippen molar-refractivity contribution in [2.75, 3.05) is 19.6 Å². The second-order valence-corrected chi connectivity index (χ2v) is 5.92. The van der Waals surface area contributed by atoms with Crippen LogP contribution in [0.25, 0.3) is 11.4 Å². The Morgan fingerprint density at radius 1 is 1.42 bits per heavy atom. The van der Waals surface area contributed by atoms with Crippen LogP contribution in [-0.4, -0.2) is 56.9 Å². The lowest BCUT2D eigenvalue weighted by atomic mass is 10.1. The minimum atomic E-state index is -0.178. The van der Waals surface area contributed by atoms with Gasteiger partial charge in [-0.2, -0.15) is 5.10 Å². The molecule has 1 fully saturated rings. The molecular formula is C17H24N6O. The van der Waals surface area contributed by atoms with Crippen molar-refractivity contribution >= 4 is 5.96 Å². The summed E-state index contributed by atoms with van der Waals surface area (Å²) in [5.41, 5.74) is 2.13. The van der Waals surface area contributed by atoms with Crippen molar-refractivity contribution in [3.8, 4) is 11.4 Å². The topological polar surface area (TPSA) is 89.4 Å². The first-order valence-corrected chi connectivity index (χ1v) is 8.42. The van der Waals surface area contributed by atoms with Crippen molar-refractivity contribution in [2.24, 2.45) is 4.99 Å². The maximum Gasteiger partial charge on any atom is 0.194 e. The number of piperidine rings is 1. The first kappa shape index (κ1) is 16.4. The summed E-state index contributed by atoms with van der Waals surface area (Å²) in [7, 11) is 0. The summed E-state index contributed by atoms with van der Waals surface area (Å²) in [6, 6.07) is 8.15. The van der Waals surface area contributed by atoms with Gasteiger partial charge in [0.1, 0.15) is 6.33 Å². The van der Waals surface area contributed by atoms with E-state index < -0.39 is 0 Å². The van der Waals surface area contributed by atoms with Gasteiger partial charge in [-0.25, -0.2) is 9.98 Å². The first-order valence-electron chi connectivity index (χ1n) is 8.42. The lowest BCUT2D eigenvalue weighted by molar-refractivity contribution is 0.108. The molecule has 7 nitrogen and oxygen atoms in total. The van der Waals surface area contributed by atoms with Crippen LogP contribution in [0.1, 0.15) is 25.3 Å². The Morgan fingerprint density at radius 2 is 2.25 bits per heavy atom. The molecule has 1 aliphatic heterocycles. The van der Waals surface area contributed by atoms with E-state index in [2.05, 4.69) is 44.5 Å². The maximum atomic E-state index is 9.67. The molecule has 3 N–H and O–H groups in total. The number of aliphatic imine (C=N–C) groups is 1. The third-order valence-electron chi connectivity index (χ3n) is 4.13. The predicted octanol–water partition coefficient (Wildman–Crippen LogP) is 1.39. The van der Waals surface area contributed by atoms with Crippen LogP contribution in [0.2, 0.25) is 0 Å². The van der Waals surface area contributed by atoms with E-state index in [1.807, 2.05) is 12.1 Å². The minimum Gasteiger partial charge on any atom is -0.393 e. The molecule has 1 saturated heterocycles. The highest BCUT2D eigenvalue weighted by Gasteiger charge is 2.19. The number of hydrogen-bond donors (Lipinski definition) is 3. The summed E-state index contributed by atoms with van der Waals surface area (Å²) >= 11 is 0. The number of rotatable bonds is 4. The molecule has 3 rings (SSSR count). The zero-order valence-electron chi connectivity index (χ0n) is 13.9. The zero-order valence-corrected chi connectivity index (χ0v) is 13.9. The van der Waals surface area contributed by atoms with E-state index in [0.717, 1.165) is 55.4 Å². The minimum absolute atomic E-state index is 0.178. The molecule has 7 heteroatoms. The monoisotopic (exact) mass is 328 g/mol. The summed E-state index contributed by atoms with van der Waals surface area (Å²) < 4.78 is 0. The fourth-order valence-corrected chi connectivity index (χ4v) is 2.83. The number of hydrogen-bond acceptors (Lipinski definition) is 4. The number of nitrogens with one attached hydrogen (secondary N) is 2. The Morgan fingerprint density at radius 3 is 2.96 bits per heavy atom. The molecule has 24 heavy (non-hydrogen) atoms. The quantitative estimate of drug-likeness (QED) is 0.583. The molecule has 1 aromatic carbocycles. The Bertz CT molecular complexity index is 661. The van der Waals surface area contributed by atoms with Gasteiger partial charge in [0.05, 0.1) is 12.6 Å². The van der Waals surface area contributed by atoms with Crippen molar-refractivity contribution in [3.63, 3.8) is 0 Å². The van der Waals surface area contributed by atoms with Gasteiger partial charge in [-0.15, -0.1) is 0 Å². The van der Waals surface area contributed by atoms with E-state index in [1.54, 1.807) is 0 Å². The summed E-state index contributed by atoms with van der Waals surface area (Å²) in [5, 5.41) is 19.8. The second kappa shape index (κ2) is 7.92. The molecule has 0 spiro atoms. The SMILES string of the molecule is CCNC(=NCc1cccc(-c2ncn[nH]2)c1)N1CCC(O)CC1. The molecule has 0 saturated carbocycles. The molecule has 0 amide bonds. The second-order valence-electron chi connectivity index (χ2n) is 5.92. The third-order valence-corrected chi connectivity index (χ3v) is 4.13. The Balaban J connectivity index is 1.71. The molecule has 1 aliphatic rings. The van der Waals surface area contributed by atoms with Gasteiger partial charge in [0, 0.05) is 25.2 Å². The molecule has 1 aromatic heterocycles. The Kier molecular flexibility index (Phi) is 5.43. The van der Waals surface area contributed by atoms with E-state index in [-0.39, 0.29) is 6.10 Å². The Labute approximate surface area is 141 Å². The number of guanidine groups is 1. The van der Waals surface area contributed by atoms with Crippen LogP contribution in [-0.2, 0) is 6.54 Å². The number of benzene rings is 1. The summed E-state index contributed by atoms with van der Waals surface area (Å²) in [6.07, 6.45) is 2.92. The van der Waals surface area contributed by atoms with Crippen LogP contribution in [0.15, 0.2) is 35.6 Å². The highest BCUT2D eigenvalue weighted by molar-refractivity contribution is 5.80. The predicted molar refractivity (Wildman–Crippen MR) is 93.4 cm³/mol. The molecule has 2 aromatic rings. The highest BCUT2D eigenvalue weighted by atomic mass is 16.3. The Hall–Kier alpha value is -2.41. The lowest BCUT2D eigenvalue weighted by Gasteiger charge is -2.32. The third kappa shape index (κ3) is 4.11. The van der Waals surface area contributed by atoms with Crippen LogP contribution in [0.4, 0.5) is 0 Å².